The average molecular weight is 417 g/mol. The first-order chi connectivity index (χ1) is 15.0. The lowest BCUT2D eigenvalue weighted by atomic mass is 10.0. The highest BCUT2D eigenvalue weighted by Crippen LogP contribution is 2.21. The number of carbonyl (C=O) groups is 2. The normalized spacial score (nSPS) is 16.8. The molecule has 1 atom stereocenters. The monoisotopic (exact) mass is 416 g/mol. The molecule has 6 heteroatoms. The largest absolute Gasteiger partial charge is 0.353 e. The summed E-state index contributed by atoms with van der Waals surface area (Å²) >= 11 is 0. The third-order valence-corrected chi connectivity index (χ3v) is 6.05. The maximum Gasteiger partial charge on any atom is 0.237 e. The quantitative estimate of drug-likeness (QED) is 0.671. The lowest BCUT2D eigenvalue weighted by Gasteiger charge is -2.35. The third kappa shape index (κ3) is 4.75. The highest BCUT2D eigenvalue weighted by molar-refractivity contribution is 5.89. The Hall–Kier alpha value is -3.25. The molecule has 160 valence electrons. The van der Waals surface area contributed by atoms with E-state index in [4.69, 9.17) is 0 Å². The predicted octanol–water partition coefficient (Wildman–Crippen LogP) is 2.89. The van der Waals surface area contributed by atoms with Crippen molar-refractivity contribution in [2.75, 3.05) is 20.1 Å². The van der Waals surface area contributed by atoms with E-state index in [2.05, 4.69) is 34.3 Å². The van der Waals surface area contributed by atoms with E-state index in [0.717, 1.165) is 22.9 Å². The van der Waals surface area contributed by atoms with Gasteiger partial charge in [-0.2, -0.15) is 0 Å². The minimum Gasteiger partial charge on any atom is -0.353 e. The van der Waals surface area contributed by atoms with Crippen LogP contribution < -0.4 is 5.32 Å². The van der Waals surface area contributed by atoms with Gasteiger partial charge in [0.15, 0.2) is 0 Å². The maximum absolute atomic E-state index is 13.1. The summed E-state index contributed by atoms with van der Waals surface area (Å²) in [6.45, 7) is 4.57. The number of hydrogen-bond acceptors (Lipinski definition) is 4. The van der Waals surface area contributed by atoms with Crippen molar-refractivity contribution >= 4 is 22.6 Å². The fourth-order valence-electron chi connectivity index (χ4n) is 4.17. The zero-order chi connectivity index (χ0) is 21.8. The van der Waals surface area contributed by atoms with Crippen LogP contribution in [-0.4, -0.2) is 52.8 Å². The summed E-state index contributed by atoms with van der Waals surface area (Å²) in [6, 6.07) is 15.7. The Balaban J connectivity index is 1.47. The topological polar surface area (TPSA) is 65.5 Å². The number of carbonyl (C=O) groups excluding carboxylic acids is 2. The van der Waals surface area contributed by atoms with Crippen molar-refractivity contribution in [2.45, 2.75) is 32.5 Å². The van der Waals surface area contributed by atoms with Crippen molar-refractivity contribution in [2.24, 2.45) is 0 Å². The van der Waals surface area contributed by atoms with Crippen molar-refractivity contribution in [3.63, 3.8) is 0 Å². The van der Waals surface area contributed by atoms with Gasteiger partial charge in [0.05, 0.1) is 12.5 Å². The Morgan fingerprint density at radius 1 is 1.16 bits per heavy atom. The number of pyridine rings is 1. The van der Waals surface area contributed by atoms with Gasteiger partial charge in [-0.3, -0.25) is 19.5 Å². The molecule has 6 nitrogen and oxygen atoms in total. The molecule has 3 aromatic rings. The van der Waals surface area contributed by atoms with Gasteiger partial charge in [0, 0.05) is 51.0 Å². The number of aromatic nitrogens is 1. The fourth-order valence-corrected chi connectivity index (χ4v) is 4.17. The summed E-state index contributed by atoms with van der Waals surface area (Å²) < 4.78 is 0. The molecule has 1 saturated heterocycles. The van der Waals surface area contributed by atoms with E-state index in [1.165, 1.54) is 11.1 Å². The molecule has 0 radical (unpaired) electrons. The number of amides is 2. The molecule has 2 amide bonds. The molecular formula is C25H28N4O2. The van der Waals surface area contributed by atoms with E-state index < -0.39 is 6.04 Å². The number of hydrogen-bond donors (Lipinski definition) is 1. The molecule has 1 aliphatic rings. The van der Waals surface area contributed by atoms with Gasteiger partial charge >= 0.3 is 0 Å². The lowest BCUT2D eigenvalue weighted by molar-refractivity contribution is -0.138. The number of aryl methyl sites for hydroxylation is 1. The van der Waals surface area contributed by atoms with E-state index in [1.54, 1.807) is 18.1 Å². The molecule has 1 N–H and O–H groups in total. The van der Waals surface area contributed by atoms with Crippen LogP contribution in [0.4, 0.5) is 0 Å². The van der Waals surface area contributed by atoms with Crippen LogP contribution in [0.5, 0.6) is 0 Å². The van der Waals surface area contributed by atoms with Gasteiger partial charge in [0.25, 0.3) is 0 Å². The molecule has 31 heavy (non-hydrogen) atoms. The molecular weight excluding hydrogens is 388 g/mol. The lowest BCUT2D eigenvalue weighted by Crippen LogP contribution is -2.56. The number of nitrogens with zero attached hydrogens (tertiary/aromatic N) is 3. The first-order valence-electron chi connectivity index (χ1n) is 10.6. The summed E-state index contributed by atoms with van der Waals surface area (Å²) in [5.74, 6) is -0.110. The van der Waals surface area contributed by atoms with Gasteiger partial charge in [-0.15, -0.1) is 0 Å². The zero-order valence-corrected chi connectivity index (χ0v) is 18.0. The van der Waals surface area contributed by atoms with Crippen molar-refractivity contribution < 1.29 is 9.59 Å². The van der Waals surface area contributed by atoms with Gasteiger partial charge in [-0.05, 0) is 35.1 Å². The molecule has 2 heterocycles. The maximum atomic E-state index is 13.1. The van der Waals surface area contributed by atoms with E-state index >= 15 is 0 Å². The van der Waals surface area contributed by atoms with E-state index in [0.29, 0.717) is 19.6 Å². The SMILES string of the molecule is Cc1ccccc1CN1CCNC(=O)C1CC(=O)N(C)Cc1cccc2cnccc12. The molecule has 0 saturated carbocycles. The summed E-state index contributed by atoms with van der Waals surface area (Å²) in [6.07, 6.45) is 3.76. The number of rotatable bonds is 6. The van der Waals surface area contributed by atoms with Crippen LogP contribution in [0.2, 0.25) is 0 Å². The smallest absolute Gasteiger partial charge is 0.237 e. The standard InChI is InChI=1S/C25H28N4O2/c1-18-6-3-4-7-20(18)17-29-13-12-27-25(31)23(29)14-24(30)28(2)16-21-9-5-8-19-15-26-11-10-22(19)21/h3-11,15,23H,12-14,16-17H2,1-2H3,(H,27,31). The van der Waals surface area contributed by atoms with E-state index in [9.17, 15) is 9.59 Å². The summed E-state index contributed by atoms with van der Waals surface area (Å²) in [5, 5.41) is 5.07. The molecule has 0 bridgehead atoms. The van der Waals surface area contributed by atoms with Crippen LogP contribution in [0.25, 0.3) is 10.8 Å². The van der Waals surface area contributed by atoms with Crippen LogP contribution in [-0.2, 0) is 22.7 Å². The Morgan fingerprint density at radius 3 is 2.81 bits per heavy atom. The predicted molar refractivity (Wildman–Crippen MR) is 121 cm³/mol. The number of benzene rings is 2. The van der Waals surface area contributed by atoms with Crippen molar-refractivity contribution in [3.05, 3.63) is 77.6 Å². The first kappa shape index (κ1) is 21.0. The summed E-state index contributed by atoms with van der Waals surface area (Å²) in [4.78, 5) is 33.7. The second-order valence-corrected chi connectivity index (χ2v) is 8.17. The Bertz CT molecular complexity index is 1090. The van der Waals surface area contributed by atoms with Crippen LogP contribution >= 0.6 is 0 Å². The van der Waals surface area contributed by atoms with Gasteiger partial charge in [0.1, 0.15) is 0 Å². The third-order valence-electron chi connectivity index (χ3n) is 6.05. The second-order valence-electron chi connectivity index (χ2n) is 8.17. The van der Waals surface area contributed by atoms with E-state index in [-0.39, 0.29) is 18.2 Å². The first-order valence-corrected chi connectivity index (χ1v) is 10.6. The molecule has 0 spiro atoms. The van der Waals surface area contributed by atoms with Crippen molar-refractivity contribution in [3.8, 4) is 0 Å². The van der Waals surface area contributed by atoms with Gasteiger partial charge < -0.3 is 10.2 Å². The summed E-state index contributed by atoms with van der Waals surface area (Å²) in [7, 11) is 1.80. The summed E-state index contributed by atoms with van der Waals surface area (Å²) in [5.41, 5.74) is 3.45. The minimum absolute atomic E-state index is 0.0390. The van der Waals surface area contributed by atoms with E-state index in [1.807, 2.05) is 42.6 Å². The van der Waals surface area contributed by atoms with Gasteiger partial charge in [0.2, 0.25) is 11.8 Å². The molecule has 1 unspecified atom stereocenters. The Morgan fingerprint density at radius 2 is 1.97 bits per heavy atom. The minimum atomic E-state index is -0.458. The van der Waals surface area contributed by atoms with Crippen molar-refractivity contribution in [1.29, 1.82) is 0 Å². The van der Waals surface area contributed by atoms with Crippen LogP contribution in [0.15, 0.2) is 60.9 Å². The van der Waals surface area contributed by atoms with Crippen LogP contribution in [0.1, 0.15) is 23.1 Å². The fraction of sp³-hybridized carbons (Fsp3) is 0.320. The Labute approximate surface area is 182 Å². The number of nitrogens with one attached hydrogen (secondary N) is 1. The molecule has 1 fully saturated rings. The average Bonchev–Trinajstić information content (AvgIpc) is 2.77. The van der Waals surface area contributed by atoms with Gasteiger partial charge in [-0.1, -0.05) is 42.5 Å². The highest BCUT2D eigenvalue weighted by atomic mass is 16.2. The molecule has 0 aliphatic carbocycles. The molecule has 1 aromatic heterocycles. The number of piperazine rings is 1. The second kappa shape index (κ2) is 9.27. The van der Waals surface area contributed by atoms with Crippen LogP contribution in [0, 0.1) is 6.92 Å². The zero-order valence-electron chi connectivity index (χ0n) is 18.0. The highest BCUT2D eigenvalue weighted by Gasteiger charge is 2.32. The molecule has 2 aromatic carbocycles. The molecule has 1 aliphatic heterocycles. The molecule has 4 rings (SSSR count). The van der Waals surface area contributed by atoms with Gasteiger partial charge in [-0.25, -0.2) is 0 Å². The van der Waals surface area contributed by atoms with Crippen LogP contribution in [0.3, 0.4) is 0 Å². The Kier molecular flexibility index (Phi) is 6.28. The number of fused-ring (bicyclic) bond motifs is 1. The van der Waals surface area contributed by atoms with Crippen molar-refractivity contribution in [1.82, 2.24) is 20.1 Å².